The summed E-state index contributed by atoms with van der Waals surface area (Å²) >= 11 is 9.78. The van der Waals surface area contributed by atoms with E-state index in [2.05, 4.69) is 44.8 Å². The molecule has 1 aliphatic carbocycles. The van der Waals surface area contributed by atoms with Crippen LogP contribution >= 0.6 is 45.5 Å². The van der Waals surface area contributed by atoms with E-state index >= 15 is 0 Å². The van der Waals surface area contributed by atoms with Gasteiger partial charge in [-0.3, -0.25) is 0 Å². The molecule has 4 nitrogen and oxygen atoms in total. The van der Waals surface area contributed by atoms with E-state index in [0.29, 0.717) is 16.1 Å². The summed E-state index contributed by atoms with van der Waals surface area (Å²) in [6, 6.07) is 0. The largest absolute Gasteiger partial charge is 0.369 e. The Hall–Kier alpha value is -0.470. The molecule has 0 amide bonds. The summed E-state index contributed by atoms with van der Waals surface area (Å²) in [5, 5.41) is 4.13. The van der Waals surface area contributed by atoms with E-state index < -0.39 is 0 Å². The third kappa shape index (κ3) is 3.32. The van der Waals surface area contributed by atoms with Crippen LogP contribution < -0.4 is 5.32 Å². The van der Waals surface area contributed by atoms with E-state index in [1.807, 2.05) is 0 Å². The number of thiazole rings is 1. The molecule has 2 aromatic heterocycles. The summed E-state index contributed by atoms with van der Waals surface area (Å²) in [5.41, 5.74) is 1.17. The molecule has 0 radical (unpaired) electrons. The second kappa shape index (κ2) is 6.75. The first-order chi connectivity index (χ1) is 10.2. The van der Waals surface area contributed by atoms with Gasteiger partial charge in [-0.2, -0.15) is 0 Å². The quantitative estimate of drug-likeness (QED) is 0.692. The Morgan fingerprint density at radius 1 is 1.38 bits per heavy atom. The van der Waals surface area contributed by atoms with Gasteiger partial charge in [-0.1, -0.05) is 35.8 Å². The second-order valence-corrected chi connectivity index (χ2v) is 7.82. The number of hydrogen-bond donors (Lipinski definition) is 1. The molecule has 21 heavy (non-hydrogen) atoms. The predicted octanol–water partition coefficient (Wildman–Crippen LogP) is 4.95. The minimum atomic E-state index is 0.548. The van der Waals surface area contributed by atoms with Crippen molar-refractivity contribution in [2.75, 3.05) is 11.9 Å². The van der Waals surface area contributed by atoms with Crippen molar-refractivity contribution >= 4 is 51.3 Å². The molecule has 0 aliphatic heterocycles. The highest BCUT2D eigenvalue weighted by atomic mass is 127. The number of aromatic nitrogens is 3. The SMILES string of the molecule is CCNc1nc(-c2ncc(Cl)s2)nc(C2CCCC2)c1I. The van der Waals surface area contributed by atoms with Gasteiger partial charge in [-0.15, -0.1) is 0 Å². The first-order valence-electron chi connectivity index (χ1n) is 7.12. The number of hydrogen-bond acceptors (Lipinski definition) is 5. The third-order valence-electron chi connectivity index (χ3n) is 3.63. The van der Waals surface area contributed by atoms with Crippen LogP contribution in [0.25, 0.3) is 10.8 Å². The van der Waals surface area contributed by atoms with Gasteiger partial charge in [-0.05, 0) is 42.4 Å². The van der Waals surface area contributed by atoms with Gasteiger partial charge in [0.2, 0.25) is 0 Å². The Balaban J connectivity index is 2.07. The van der Waals surface area contributed by atoms with Gasteiger partial charge in [0.15, 0.2) is 10.8 Å². The average molecular weight is 435 g/mol. The fraction of sp³-hybridized carbons (Fsp3) is 0.500. The molecule has 1 saturated carbocycles. The summed E-state index contributed by atoms with van der Waals surface area (Å²) in [7, 11) is 0. The van der Waals surface area contributed by atoms with Crippen LogP contribution in [-0.2, 0) is 0 Å². The fourth-order valence-electron chi connectivity index (χ4n) is 2.67. The van der Waals surface area contributed by atoms with Crippen molar-refractivity contribution in [2.24, 2.45) is 0 Å². The number of anilines is 1. The van der Waals surface area contributed by atoms with Crippen molar-refractivity contribution in [1.29, 1.82) is 0 Å². The van der Waals surface area contributed by atoms with Crippen LogP contribution in [0.5, 0.6) is 0 Å². The molecule has 2 heterocycles. The Bertz CT molecular complexity index is 640. The molecule has 0 saturated heterocycles. The van der Waals surface area contributed by atoms with Gasteiger partial charge < -0.3 is 5.32 Å². The standard InChI is InChI=1S/C14H16ClIN4S/c1-2-17-12-10(16)11(8-5-3-4-6-8)19-13(20-12)14-18-7-9(15)21-14/h7-8H,2-6H2,1H3,(H,17,19,20). The van der Waals surface area contributed by atoms with Gasteiger partial charge >= 0.3 is 0 Å². The molecule has 2 aromatic rings. The summed E-state index contributed by atoms with van der Waals surface area (Å²) in [5.74, 6) is 2.15. The normalized spacial score (nSPS) is 15.6. The van der Waals surface area contributed by atoms with Crippen LogP contribution in [0, 0.1) is 3.57 Å². The first-order valence-corrected chi connectivity index (χ1v) is 9.39. The minimum absolute atomic E-state index is 0.548. The molecule has 0 spiro atoms. The van der Waals surface area contributed by atoms with Crippen molar-refractivity contribution in [2.45, 2.75) is 38.5 Å². The Labute approximate surface area is 146 Å². The molecule has 1 fully saturated rings. The number of nitrogens with one attached hydrogen (secondary N) is 1. The highest BCUT2D eigenvalue weighted by Crippen LogP contribution is 2.38. The zero-order chi connectivity index (χ0) is 14.8. The second-order valence-electron chi connectivity index (χ2n) is 5.08. The van der Waals surface area contributed by atoms with Crippen molar-refractivity contribution in [3.8, 4) is 10.8 Å². The van der Waals surface area contributed by atoms with Crippen molar-refractivity contribution in [3.63, 3.8) is 0 Å². The van der Waals surface area contributed by atoms with Crippen LogP contribution in [-0.4, -0.2) is 21.5 Å². The average Bonchev–Trinajstić information content (AvgIpc) is 3.12. The van der Waals surface area contributed by atoms with Crippen LogP contribution in [0.1, 0.15) is 44.2 Å². The van der Waals surface area contributed by atoms with E-state index in [1.165, 1.54) is 42.7 Å². The van der Waals surface area contributed by atoms with Crippen LogP contribution in [0.2, 0.25) is 4.34 Å². The molecule has 3 rings (SSSR count). The molecular weight excluding hydrogens is 419 g/mol. The van der Waals surface area contributed by atoms with Crippen molar-refractivity contribution < 1.29 is 0 Å². The van der Waals surface area contributed by atoms with Gasteiger partial charge in [0.1, 0.15) is 10.2 Å². The lowest BCUT2D eigenvalue weighted by atomic mass is 10.0. The highest BCUT2D eigenvalue weighted by molar-refractivity contribution is 14.1. The Kier molecular flexibility index (Phi) is 4.96. The third-order valence-corrected chi connectivity index (χ3v) is 5.81. The fourth-order valence-corrected chi connectivity index (χ4v) is 4.39. The Morgan fingerprint density at radius 2 is 2.14 bits per heavy atom. The maximum absolute atomic E-state index is 5.99. The maximum atomic E-state index is 5.99. The summed E-state index contributed by atoms with van der Waals surface area (Å²) < 4.78 is 1.81. The molecular formula is C14H16ClIN4S. The van der Waals surface area contributed by atoms with E-state index in [0.717, 1.165) is 20.9 Å². The number of nitrogens with zero attached hydrogens (tertiary/aromatic N) is 3. The van der Waals surface area contributed by atoms with Gasteiger partial charge in [0.05, 0.1) is 15.5 Å². The zero-order valence-electron chi connectivity index (χ0n) is 11.7. The summed E-state index contributed by atoms with van der Waals surface area (Å²) in [4.78, 5) is 13.8. The van der Waals surface area contributed by atoms with Gasteiger partial charge in [-0.25, -0.2) is 15.0 Å². The van der Waals surface area contributed by atoms with Crippen LogP contribution in [0.15, 0.2) is 6.20 Å². The molecule has 0 unspecified atom stereocenters. The van der Waals surface area contributed by atoms with Gasteiger partial charge in [0, 0.05) is 12.5 Å². The zero-order valence-corrected chi connectivity index (χ0v) is 15.4. The van der Waals surface area contributed by atoms with Gasteiger partial charge in [0.25, 0.3) is 0 Å². The van der Waals surface area contributed by atoms with E-state index in [-0.39, 0.29) is 0 Å². The van der Waals surface area contributed by atoms with E-state index in [4.69, 9.17) is 16.6 Å². The molecule has 1 N–H and O–H groups in total. The number of halogens is 2. The lowest BCUT2D eigenvalue weighted by Crippen LogP contribution is -2.10. The number of rotatable bonds is 4. The predicted molar refractivity (Wildman–Crippen MR) is 96.2 cm³/mol. The smallest absolute Gasteiger partial charge is 0.191 e. The lowest BCUT2D eigenvalue weighted by molar-refractivity contribution is 0.690. The van der Waals surface area contributed by atoms with Crippen LogP contribution in [0.4, 0.5) is 5.82 Å². The highest BCUT2D eigenvalue weighted by Gasteiger charge is 2.24. The molecule has 112 valence electrons. The Morgan fingerprint density at radius 3 is 2.76 bits per heavy atom. The minimum Gasteiger partial charge on any atom is -0.369 e. The van der Waals surface area contributed by atoms with E-state index in [9.17, 15) is 0 Å². The van der Waals surface area contributed by atoms with E-state index in [1.54, 1.807) is 6.20 Å². The molecule has 7 heteroatoms. The molecule has 0 aromatic carbocycles. The molecule has 0 bridgehead atoms. The summed E-state index contributed by atoms with van der Waals surface area (Å²) in [6.45, 7) is 2.92. The maximum Gasteiger partial charge on any atom is 0.191 e. The topological polar surface area (TPSA) is 50.7 Å². The lowest BCUT2D eigenvalue weighted by Gasteiger charge is -2.15. The molecule has 1 aliphatic rings. The first kappa shape index (κ1) is 15.4. The van der Waals surface area contributed by atoms with Crippen molar-refractivity contribution in [3.05, 3.63) is 19.8 Å². The monoisotopic (exact) mass is 434 g/mol. The summed E-state index contributed by atoms with van der Waals surface area (Å²) in [6.07, 6.45) is 6.68. The van der Waals surface area contributed by atoms with Crippen LogP contribution in [0.3, 0.4) is 0 Å². The molecule has 0 atom stereocenters. The van der Waals surface area contributed by atoms with Crippen molar-refractivity contribution in [1.82, 2.24) is 15.0 Å².